The molecular weight excluding hydrogens is 356 g/mol. The highest BCUT2D eigenvalue weighted by Gasteiger charge is 2.15. The third kappa shape index (κ3) is 3.19. The molecule has 0 atom stereocenters. The summed E-state index contributed by atoms with van der Waals surface area (Å²) in [4.78, 5) is 9.17. The van der Waals surface area contributed by atoms with Crippen molar-refractivity contribution in [3.05, 3.63) is 53.0 Å². The largest absolute Gasteiger partial charge is 0.497 e. The fourth-order valence-electron chi connectivity index (χ4n) is 3.27. The number of aromatic nitrogens is 4. The molecule has 0 saturated carbocycles. The number of methoxy groups -OCH3 is 1. The van der Waals surface area contributed by atoms with Gasteiger partial charge in [0.1, 0.15) is 23.8 Å². The van der Waals surface area contributed by atoms with Gasteiger partial charge in [-0.2, -0.15) is 10.1 Å². The van der Waals surface area contributed by atoms with Crippen molar-refractivity contribution in [1.82, 2.24) is 19.7 Å². The number of oxazole rings is 1. The molecule has 28 heavy (non-hydrogen) atoms. The van der Waals surface area contributed by atoms with Gasteiger partial charge in [-0.05, 0) is 50.6 Å². The fourth-order valence-corrected chi connectivity index (χ4v) is 3.27. The topological polar surface area (TPSA) is 75.2 Å². The van der Waals surface area contributed by atoms with Crippen molar-refractivity contribution >= 4 is 11.0 Å². The van der Waals surface area contributed by atoms with E-state index in [2.05, 4.69) is 15.1 Å². The Morgan fingerprint density at radius 2 is 1.82 bits per heavy atom. The predicted molar refractivity (Wildman–Crippen MR) is 106 cm³/mol. The SMILES string of the molecule is COc1ccc(-c2nc(COc3cc(C)c4c(C)nn(C)c4n3)c(C)o2)cc1. The second-order valence-electron chi connectivity index (χ2n) is 6.72. The third-order valence-electron chi connectivity index (χ3n) is 4.73. The van der Waals surface area contributed by atoms with Gasteiger partial charge in [0.2, 0.25) is 11.8 Å². The van der Waals surface area contributed by atoms with Gasteiger partial charge < -0.3 is 13.9 Å². The van der Waals surface area contributed by atoms with E-state index in [0.29, 0.717) is 11.8 Å². The quantitative estimate of drug-likeness (QED) is 0.520. The summed E-state index contributed by atoms with van der Waals surface area (Å²) in [5.41, 5.74) is 4.48. The Labute approximate surface area is 162 Å². The standard InChI is InChI=1S/C21H22N4O3/c1-12-10-18(23-20-19(12)13(2)24-25(20)4)27-11-17-14(3)28-21(22-17)15-6-8-16(26-5)9-7-15/h6-10H,11H2,1-5H3. The molecule has 3 aromatic heterocycles. The molecule has 0 N–H and O–H groups in total. The molecule has 1 aromatic carbocycles. The van der Waals surface area contributed by atoms with Crippen LogP contribution in [0.4, 0.5) is 0 Å². The normalized spacial score (nSPS) is 11.2. The molecule has 0 fully saturated rings. The number of pyridine rings is 1. The summed E-state index contributed by atoms with van der Waals surface area (Å²) < 4.78 is 18.7. The number of ether oxygens (including phenoxy) is 2. The van der Waals surface area contributed by atoms with E-state index < -0.39 is 0 Å². The van der Waals surface area contributed by atoms with Crippen molar-refractivity contribution in [2.24, 2.45) is 7.05 Å². The van der Waals surface area contributed by atoms with E-state index in [9.17, 15) is 0 Å². The van der Waals surface area contributed by atoms with Crippen molar-refractivity contribution in [3.8, 4) is 23.1 Å². The van der Waals surface area contributed by atoms with Crippen LogP contribution in [0.15, 0.2) is 34.7 Å². The molecule has 0 unspecified atom stereocenters. The minimum atomic E-state index is 0.278. The number of nitrogens with zero attached hydrogens (tertiary/aromatic N) is 4. The van der Waals surface area contributed by atoms with Gasteiger partial charge in [0, 0.05) is 24.1 Å². The molecule has 0 spiro atoms. The lowest BCUT2D eigenvalue weighted by molar-refractivity contribution is 0.288. The number of hydrogen-bond acceptors (Lipinski definition) is 6. The second-order valence-corrected chi connectivity index (χ2v) is 6.72. The second kappa shape index (κ2) is 6.99. The van der Waals surface area contributed by atoms with Crippen molar-refractivity contribution < 1.29 is 13.9 Å². The van der Waals surface area contributed by atoms with Crippen LogP contribution < -0.4 is 9.47 Å². The van der Waals surface area contributed by atoms with Crippen LogP contribution in [0.5, 0.6) is 11.6 Å². The van der Waals surface area contributed by atoms with Crippen LogP contribution in [-0.4, -0.2) is 26.9 Å². The molecule has 3 heterocycles. The smallest absolute Gasteiger partial charge is 0.226 e. The summed E-state index contributed by atoms with van der Waals surface area (Å²) in [5, 5.41) is 5.50. The zero-order valence-corrected chi connectivity index (χ0v) is 16.6. The van der Waals surface area contributed by atoms with E-state index in [1.165, 1.54) is 0 Å². The van der Waals surface area contributed by atoms with Gasteiger partial charge in [-0.15, -0.1) is 0 Å². The summed E-state index contributed by atoms with van der Waals surface area (Å²) in [7, 11) is 3.52. The van der Waals surface area contributed by atoms with Gasteiger partial charge in [-0.25, -0.2) is 4.98 Å². The Morgan fingerprint density at radius 1 is 1.07 bits per heavy atom. The van der Waals surface area contributed by atoms with Gasteiger partial charge in [-0.3, -0.25) is 4.68 Å². The van der Waals surface area contributed by atoms with Crippen LogP contribution in [0, 0.1) is 20.8 Å². The highest BCUT2D eigenvalue weighted by atomic mass is 16.5. The molecule has 4 aromatic rings. The van der Waals surface area contributed by atoms with E-state index in [1.54, 1.807) is 11.8 Å². The first-order valence-electron chi connectivity index (χ1n) is 9.00. The Hall–Kier alpha value is -3.35. The number of aryl methyl sites for hydroxylation is 4. The Balaban J connectivity index is 1.56. The van der Waals surface area contributed by atoms with Crippen LogP contribution in [0.3, 0.4) is 0 Å². The fraction of sp³-hybridized carbons (Fsp3) is 0.286. The molecule has 0 saturated heterocycles. The summed E-state index contributed by atoms with van der Waals surface area (Å²) in [5.74, 6) is 2.61. The molecule has 7 heteroatoms. The first kappa shape index (κ1) is 18.0. The average molecular weight is 378 g/mol. The van der Waals surface area contributed by atoms with Crippen molar-refractivity contribution in [3.63, 3.8) is 0 Å². The molecule has 4 rings (SSSR count). The minimum Gasteiger partial charge on any atom is -0.497 e. The molecule has 0 amide bonds. The lowest BCUT2D eigenvalue weighted by Crippen LogP contribution is -2.01. The zero-order valence-electron chi connectivity index (χ0n) is 16.6. The summed E-state index contributed by atoms with van der Waals surface area (Å²) >= 11 is 0. The Morgan fingerprint density at radius 3 is 2.54 bits per heavy atom. The minimum absolute atomic E-state index is 0.278. The molecule has 144 valence electrons. The summed E-state index contributed by atoms with van der Waals surface area (Å²) in [6.07, 6.45) is 0. The van der Waals surface area contributed by atoms with E-state index in [-0.39, 0.29) is 6.61 Å². The van der Waals surface area contributed by atoms with Gasteiger partial charge in [0.05, 0.1) is 12.8 Å². The van der Waals surface area contributed by atoms with E-state index in [1.807, 2.05) is 58.2 Å². The average Bonchev–Trinajstić information content (AvgIpc) is 3.19. The monoisotopic (exact) mass is 378 g/mol. The zero-order chi connectivity index (χ0) is 19.8. The Bertz CT molecular complexity index is 1140. The predicted octanol–water partition coefficient (Wildman–Crippen LogP) is 4.14. The highest BCUT2D eigenvalue weighted by Crippen LogP contribution is 2.26. The van der Waals surface area contributed by atoms with Gasteiger partial charge in [0.15, 0.2) is 5.65 Å². The van der Waals surface area contributed by atoms with Gasteiger partial charge >= 0.3 is 0 Å². The van der Waals surface area contributed by atoms with E-state index in [4.69, 9.17) is 13.9 Å². The molecule has 0 aliphatic rings. The number of hydrogen-bond donors (Lipinski definition) is 0. The summed E-state index contributed by atoms with van der Waals surface area (Å²) in [6, 6.07) is 9.51. The number of rotatable bonds is 5. The van der Waals surface area contributed by atoms with Crippen molar-refractivity contribution in [1.29, 1.82) is 0 Å². The maximum atomic E-state index is 5.92. The van der Waals surface area contributed by atoms with Crippen LogP contribution >= 0.6 is 0 Å². The first-order valence-corrected chi connectivity index (χ1v) is 9.00. The van der Waals surface area contributed by atoms with Crippen molar-refractivity contribution in [2.75, 3.05) is 7.11 Å². The molecule has 7 nitrogen and oxygen atoms in total. The lowest BCUT2D eigenvalue weighted by Gasteiger charge is -2.06. The molecule has 0 aliphatic carbocycles. The molecular formula is C21H22N4O3. The van der Waals surface area contributed by atoms with Crippen molar-refractivity contribution in [2.45, 2.75) is 27.4 Å². The summed E-state index contributed by atoms with van der Waals surface area (Å²) in [6.45, 7) is 6.18. The van der Waals surface area contributed by atoms with E-state index >= 15 is 0 Å². The highest BCUT2D eigenvalue weighted by molar-refractivity contribution is 5.82. The van der Waals surface area contributed by atoms with Gasteiger partial charge in [0.25, 0.3) is 0 Å². The van der Waals surface area contributed by atoms with E-state index in [0.717, 1.165) is 45.1 Å². The Kier molecular flexibility index (Phi) is 4.50. The van der Waals surface area contributed by atoms with Crippen LogP contribution in [0.25, 0.3) is 22.5 Å². The maximum Gasteiger partial charge on any atom is 0.226 e. The third-order valence-corrected chi connectivity index (χ3v) is 4.73. The molecule has 0 radical (unpaired) electrons. The maximum absolute atomic E-state index is 5.92. The van der Waals surface area contributed by atoms with Crippen LogP contribution in [0.2, 0.25) is 0 Å². The number of benzene rings is 1. The first-order chi connectivity index (χ1) is 13.5. The lowest BCUT2D eigenvalue weighted by atomic mass is 10.2. The van der Waals surface area contributed by atoms with Crippen LogP contribution in [-0.2, 0) is 13.7 Å². The number of fused-ring (bicyclic) bond motifs is 1. The van der Waals surface area contributed by atoms with Gasteiger partial charge in [-0.1, -0.05) is 0 Å². The molecule has 0 bridgehead atoms. The molecule has 0 aliphatic heterocycles. The van der Waals surface area contributed by atoms with Crippen LogP contribution in [0.1, 0.15) is 22.7 Å².